The first-order valence-electron chi connectivity index (χ1n) is 5.34. The summed E-state index contributed by atoms with van der Waals surface area (Å²) in [5.41, 5.74) is 0.201. The van der Waals surface area contributed by atoms with E-state index in [1.165, 1.54) is 19.2 Å². The number of hydrogen-bond acceptors (Lipinski definition) is 4. The van der Waals surface area contributed by atoms with Gasteiger partial charge in [-0.15, -0.1) is 0 Å². The molecular formula is C12H9ClN2O4. The zero-order valence-corrected chi connectivity index (χ0v) is 10.7. The third-order valence-corrected chi connectivity index (χ3v) is 3.06. The summed E-state index contributed by atoms with van der Waals surface area (Å²) in [6, 6.07) is 5.48. The van der Waals surface area contributed by atoms with Gasteiger partial charge in [-0.25, -0.2) is 9.69 Å². The number of likely N-dealkylation sites (N-methyl/N-ethyl adjacent to an activating group) is 1. The molecule has 4 amide bonds. The van der Waals surface area contributed by atoms with Gasteiger partial charge in [-0.3, -0.25) is 19.3 Å². The number of hydrogen-bond donors (Lipinski definition) is 0. The van der Waals surface area contributed by atoms with Crippen LogP contribution >= 0.6 is 11.6 Å². The number of Topliss-reactive ketones (excluding diaryl/α,β-unsaturated/α-hetero) is 1. The van der Waals surface area contributed by atoms with Gasteiger partial charge >= 0.3 is 17.8 Å². The largest absolute Gasteiger partial charge is 0.334 e. The fourth-order valence-corrected chi connectivity index (χ4v) is 1.91. The summed E-state index contributed by atoms with van der Waals surface area (Å²) in [6.07, 6.45) is 0. The van der Waals surface area contributed by atoms with Gasteiger partial charge < -0.3 is 0 Å². The number of benzene rings is 1. The second-order valence-electron chi connectivity index (χ2n) is 3.94. The van der Waals surface area contributed by atoms with E-state index < -0.39 is 30.2 Å². The Balaban J connectivity index is 2.21. The van der Waals surface area contributed by atoms with E-state index in [4.69, 9.17) is 11.6 Å². The van der Waals surface area contributed by atoms with Crippen LogP contribution in [0.3, 0.4) is 0 Å². The lowest BCUT2D eigenvalue weighted by molar-refractivity contribution is -0.142. The van der Waals surface area contributed by atoms with Gasteiger partial charge in [-0.2, -0.15) is 0 Å². The molecule has 0 N–H and O–H groups in total. The minimum absolute atomic E-state index is 0.201. The maximum Gasteiger partial charge on any atom is 0.334 e. The van der Waals surface area contributed by atoms with Crippen LogP contribution in [0.4, 0.5) is 4.79 Å². The van der Waals surface area contributed by atoms with Crippen LogP contribution in [0.25, 0.3) is 0 Å². The lowest BCUT2D eigenvalue weighted by Gasteiger charge is -2.12. The molecule has 0 radical (unpaired) electrons. The zero-order valence-electron chi connectivity index (χ0n) is 9.92. The Morgan fingerprint density at radius 3 is 2.32 bits per heavy atom. The number of carbonyl (C=O) groups is 4. The number of amides is 4. The maximum atomic E-state index is 12.0. The number of carbonyl (C=O) groups excluding carboxylic acids is 4. The van der Waals surface area contributed by atoms with E-state index in [1.54, 1.807) is 12.1 Å². The highest BCUT2D eigenvalue weighted by molar-refractivity contribution is 6.45. The first-order chi connectivity index (χ1) is 8.93. The van der Waals surface area contributed by atoms with Crippen LogP contribution in [0.5, 0.6) is 0 Å². The van der Waals surface area contributed by atoms with Crippen LogP contribution in [0.15, 0.2) is 24.3 Å². The van der Waals surface area contributed by atoms with Crippen molar-refractivity contribution in [1.82, 2.24) is 9.80 Å². The third-order valence-electron chi connectivity index (χ3n) is 2.73. The van der Waals surface area contributed by atoms with Gasteiger partial charge in [0, 0.05) is 12.6 Å². The topological polar surface area (TPSA) is 74.8 Å². The monoisotopic (exact) mass is 280 g/mol. The Hall–Kier alpha value is -2.21. The van der Waals surface area contributed by atoms with Gasteiger partial charge in [0.1, 0.15) is 0 Å². The van der Waals surface area contributed by atoms with E-state index in [1.807, 2.05) is 0 Å². The zero-order chi connectivity index (χ0) is 14.2. The van der Waals surface area contributed by atoms with Crippen LogP contribution in [-0.4, -0.2) is 47.0 Å². The quantitative estimate of drug-likeness (QED) is 0.469. The molecule has 0 atom stereocenters. The van der Waals surface area contributed by atoms with E-state index in [9.17, 15) is 19.2 Å². The van der Waals surface area contributed by atoms with Crippen LogP contribution in [0, 0.1) is 0 Å². The maximum absolute atomic E-state index is 12.0. The Bertz CT molecular complexity index is 599. The van der Waals surface area contributed by atoms with Gasteiger partial charge in [0.15, 0.2) is 5.78 Å². The molecule has 0 aliphatic carbocycles. The molecule has 0 unspecified atom stereocenters. The van der Waals surface area contributed by atoms with Crippen molar-refractivity contribution in [3.8, 4) is 0 Å². The second-order valence-corrected chi connectivity index (χ2v) is 4.35. The van der Waals surface area contributed by atoms with Crippen LogP contribution < -0.4 is 0 Å². The van der Waals surface area contributed by atoms with E-state index in [-0.39, 0.29) is 10.6 Å². The lowest BCUT2D eigenvalue weighted by atomic mass is 10.1. The first kappa shape index (κ1) is 13.2. The Labute approximate surface area is 113 Å². The summed E-state index contributed by atoms with van der Waals surface area (Å²) in [5, 5.41) is 0.228. The van der Waals surface area contributed by atoms with Gasteiger partial charge in [0.25, 0.3) is 0 Å². The summed E-state index contributed by atoms with van der Waals surface area (Å²) < 4.78 is 0. The summed E-state index contributed by atoms with van der Waals surface area (Å²) in [4.78, 5) is 47.6. The molecule has 0 aromatic heterocycles. The predicted molar refractivity (Wildman–Crippen MR) is 65.7 cm³/mol. The number of ketones is 1. The van der Waals surface area contributed by atoms with Gasteiger partial charge in [0.2, 0.25) is 0 Å². The summed E-state index contributed by atoms with van der Waals surface area (Å²) in [6.45, 7) is -0.503. The Morgan fingerprint density at radius 2 is 1.79 bits per heavy atom. The molecule has 1 fully saturated rings. The smallest absolute Gasteiger partial charge is 0.292 e. The van der Waals surface area contributed by atoms with Crippen molar-refractivity contribution in [2.45, 2.75) is 0 Å². The molecule has 19 heavy (non-hydrogen) atoms. The number of imide groups is 2. The highest BCUT2D eigenvalue weighted by Crippen LogP contribution is 2.17. The molecule has 0 spiro atoms. The SMILES string of the molecule is CN1C(=O)C(=O)N(CC(=O)c2ccccc2Cl)C1=O. The molecule has 0 bridgehead atoms. The van der Waals surface area contributed by atoms with Crippen molar-refractivity contribution in [2.24, 2.45) is 0 Å². The standard InChI is InChI=1S/C12H9ClN2O4/c1-14-10(17)11(18)15(12(14)19)6-9(16)7-4-2-3-5-8(7)13/h2-5H,6H2,1H3. The van der Waals surface area contributed by atoms with Gasteiger partial charge in [0.05, 0.1) is 11.6 Å². The molecule has 0 saturated carbocycles. The van der Waals surface area contributed by atoms with Crippen molar-refractivity contribution in [3.05, 3.63) is 34.9 Å². The molecule has 1 aromatic rings. The minimum atomic E-state index is -1.01. The van der Waals surface area contributed by atoms with Crippen LogP contribution in [-0.2, 0) is 9.59 Å². The van der Waals surface area contributed by atoms with E-state index >= 15 is 0 Å². The Morgan fingerprint density at radius 1 is 1.16 bits per heavy atom. The number of rotatable bonds is 3. The highest BCUT2D eigenvalue weighted by Gasteiger charge is 2.43. The van der Waals surface area contributed by atoms with Crippen molar-refractivity contribution >= 4 is 35.2 Å². The molecule has 1 aromatic carbocycles. The average Bonchev–Trinajstić information content (AvgIpc) is 2.57. The average molecular weight is 281 g/mol. The molecule has 1 heterocycles. The predicted octanol–water partition coefficient (Wildman–Crippen LogP) is 0.943. The molecule has 7 heteroatoms. The summed E-state index contributed by atoms with van der Waals surface area (Å²) in [5.74, 6) is -2.46. The summed E-state index contributed by atoms with van der Waals surface area (Å²) in [7, 11) is 1.18. The fourth-order valence-electron chi connectivity index (χ4n) is 1.67. The number of urea groups is 1. The van der Waals surface area contributed by atoms with Crippen LogP contribution in [0.2, 0.25) is 5.02 Å². The first-order valence-corrected chi connectivity index (χ1v) is 5.72. The van der Waals surface area contributed by atoms with E-state index in [2.05, 4.69) is 0 Å². The number of nitrogens with zero attached hydrogens (tertiary/aromatic N) is 2. The third kappa shape index (κ3) is 2.22. The molecular weight excluding hydrogens is 272 g/mol. The van der Waals surface area contributed by atoms with Crippen molar-refractivity contribution in [3.63, 3.8) is 0 Å². The molecule has 1 saturated heterocycles. The lowest BCUT2D eigenvalue weighted by Crippen LogP contribution is -2.36. The molecule has 98 valence electrons. The van der Waals surface area contributed by atoms with E-state index in [0.29, 0.717) is 9.80 Å². The minimum Gasteiger partial charge on any atom is -0.292 e. The van der Waals surface area contributed by atoms with Crippen molar-refractivity contribution in [1.29, 1.82) is 0 Å². The molecule has 1 aliphatic rings. The van der Waals surface area contributed by atoms with Crippen molar-refractivity contribution < 1.29 is 19.2 Å². The second kappa shape index (κ2) is 4.81. The molecule has 2 rings (SSSR count). The van der Waals surface area contributed by atoms with Crippen molar-refractivity contribution in [2.75, 3.05) is 13.6 Å². The summed E-state index contributed by atoms with van der Waals surface area (Å²) >= 11 is 5.85. The van der Waals surface area contributed by atoms with Gasteiger partial charge in [-0.1, -0.05) is 23.7 Å². The van der Waals surface area contributed by atoms with Gasteiger partial charge in [-0.05, 0) is 12.1 Å². The highest BCUT2D eigenvalue weighted by atomic mass is 35.5. The fraction of sp³-hybridized carbons (Fsp3) is 0.167. The normalized spacial score (nSPS) is 15.4. The molecule has 6 nitrogen and oxygen atoms in total. The number of halogens is 1. The molecule has 1 aliphatic heterocycles. The Kier molecular flexibility index (Phi) is 3.35. The van der Waals surface area contributed by atoms with Crippen LogP contribution in [0.1, 0.15) is 10.4 Å². The van der Waals surface area contributed by atoms with E-state index in [0.717, 1.165) is 0 Å².